The fourth-order valence-electron chi connectivity index (χ4n) is 2.69. The lowest BCUT2D eigenvalue weighted by Gasteiger charge is -2.13. The van der Waals surface area contributed by atoms with Gasteiger partial charge >= 0.3 is 0 Å². The molecule has 0 atom stereocenters. The second kappa shape index (κ2) is 8.67. The molecule has 0 spiro atoms. The van der Waals surface area contributed by atoms with E-state index in [4.69, 9.17) is 12.2 Å². The van der Waals surface area contributed by atoms with Crippen LogP contribution in [-0.4, -0.2) is 20.8 Å². The summed E-state index contributed by atoms with van der Waals surface area (Å²) in [5.74, 6) is 0.199. The normalized spacial score (nSPS) is 10.6. The Bertz CT molecular complexity index is 961. The average Bonchev–Trinajstić information content (AvgIpc) is 3.12. The number of amides is 1. The Hall–Kier alpha value is -3.19. The SMILES string of the molecule is Cc1ccnn1-c1ccc(C(=O)NNC(=S)Nc2ccc(C(C)C)cc2)cc1. The van der Waals surface area contributed by atoms with Crippen LogP contribution in [0.5, 0.6) is 0 Å². The number of anilines is 1. The van der Waals surface area contributed by atoms with Crippen molar-refractivity contribution in [3.63, 3.8) is 0 Å². The lowest BCUT2D eigenvalue weighted by molar-refractivity contribution is 0.0944. The van der Waals surface area contributed by atoms with Crippen molar-refractivity contribution in [1.82, 2.24) is 20.6 Å². The first-order chi connectivity index (χ1) is 13.4. The molecule has 0 aliphatic heterocycles. The summed E-state index contributed by atoms with van der Waals surface area (Å²) in [7, 11) is 0. The molecule has 3 N–H and O–H groups in total. The molecule has 144 valence electrons. The Morgan fingerprint density at radius 3 is 2.25 bits per heavy atom. The van der Waals surface area contributed by atoms with E-state index in [2.05, 4.69) is 47.2 Å². The molecular weight excluding hydrogens is 370 g/mol. The van der Waals surface area contributed by atoms with Crippen LogP contribution in [0, 0.1) is 6.92 Å². The standard InChI is InChI=1S/C21H23N5OS/c1-14(2)16-4-8-18(9-5-16)23-21(28)25-24-20(27)17-6-10-19(11-7-17)26-15(3)12-13-22-26/h4-14H,1-3H3,(H,24,27)(H2,23,25,28). The highest BCUT2D eigenvalue weighted by Crippen LogP contribution is 2.17. The van der Waals surface area contributed by atoms with Crippen LogP contribution < -0.4 is 16.2 Å². The number of nitrogens with zero attached hydrogens (tertiary/aromatic N) is 2. The monoisotopic (exact) mass is 393 g/mol. The number of hydrogen-bond acceptors (Lipinski definition) is 3. The Labute approximate surface area is 169 Å². The van der Waals surface area contributed by atoms with Crippen LogP contribution in [0.1, 0.15) is 41.4 Å². The summed E-state index contributed by atoms with van der Waals surface area (Å²) >= 11 is 5.23. The molecule has 6 nitrogen and oxygen atoms in total. The van der Waals surface area contributed by atoms with Crippen molar-refractivity contribution in [1.29, 1.82) is 0 Å². The van der Waals surface area contributed by atoms with Gasteiger partial charge in [0.15, 0.2) is 5.11 Å². The van der Waals surface area contributed by atoms with E-state index in [0.717, 1.165) is 17.1 Å². The zero-order valence-corrected chi connectivity index (χ0v) is 16.9. The average molecular weight is 394 g/mol. The van der Waals surface area contributed by atoms with Gasteiger partial charge in [-0.3, -0.25) is 15.6 Å². The number of benzene rings is 2. The molecule has 1 aromatic heterocycles. The Kier molecular flexibility index (Phi) is 6.06. The summed E-state index contributed by atoms with van der Waals surface area (Å²) in [5, 5.41) is 7.61. The third kappa shape index (κ3) is 4.75. The zero-order valence-electron chi connectivity index (χ0n) is 16.1. The van der Waals surface area contributed by atoms with Gasteiger partial charge in [-0.05, 0) is 73.1 Å². The van der Waals surface area contributed by atoms with E-state index in [1.165, 1.54) is 5.56 Å². The molecule has 0 aliphatic carbocycles. The van der Waals surface area contributed by atoms with Crippen molar-refractivity contribution < 1.29 is 4.79 Å². The number of hydrazine groups is 1. The van der Waals surface area contributed by atoms with Gasteiger partial charge in [-0.25, -0.2) is 4.68 Å². The maximum absolute atomic E-state index is 12.3. The van der Waals surface area contributed by atoms with E-state index in [0.29, 0.717) is 16.6 Å². The van der Waals surface area contributed by atoms with E-state index in [1.54, 1.807) is 18.3 Å². The van der Waals surface area contributed by atoms with Gasteiger partial charge in [0.2, 0.25) is 0 Å². The van der Waals surface area contributed by atoms with Crippen molar-refractivity contribution in [2.75, 3.05) is 5.32 Å². The van der Waals surface area contributed by atoms with Gasteiger partial charge in [0, 0.05) is 23.1 Å². The Balaban J connectivity index is 1.53. The fourth-order valence-corrected chi connectivity index (χ4v) is 2.86. The predicted octanol–water partition coefficient (Wildman–Crippen LogP) is 3.94. The first kappa shape index (κ1) is 19.6. The van der Waals surface area contributed by atoms with Crippen molar-refractivity contribution in [2.24, 2.45) is 0 Å². The van der Waals surface area contributed by atoms with Crippen LogP contribution in [0.4, 0.5) is 5.69 Å². The van der Waals surface area contributed by atoms with Crippen LogP contribution in [0.3, 0.4) is 0 Å². The Morgan fingerprint density at radius 1 is 1.00 bits per heavy atom. The van der Waals surface area contributed by atoms with Gasteiger partial charge in [-0.1, -0.05) is 26.0 Å². The second-order valence-electron chi connectivity index (χ2n) is 6.74. The van der Waals surface area contributed by atoms with E-state index in [1.807, 2.05) is 41.9 Å². The van der Waals surface area contributed by atoms with Crippen molar-refractivity contribution >= 4 is 28.9 Å². The van der Waals surface area contributed by atoms with E-state index in [-0.39, 0.29) is 5.91 Å². The van der Waals surface area contributed by atoms with Crippen LogP contribution in [0.2, 0.25) is 0 Å². The first-order valence-electron chi connectivity index (χ1n) is 9.02. The minimum Gasteiger partial charge on any atom is -0.331 e. The van der Waals surface area contributed by atoms with Crippen molar-refractivity contribution in [2.45, 2.75) is 26.7 Å². The number of nitrogens with one attached hydrogen (secondary N) is 3. The molecule has 0 saturated heterocycles. The van der Waals surface area contributed by atoms with Gasteiger partial charge < -0.3 is 5.32 Å². The van der Waals surface area contributed by atoms with Crippen LogP contribution in [0.25, 0.3) is 5.69 Å². The smallest absolute Gasteiger partial charge is 0.269 e. The lowest BCUT2D eigenvalue weighted by Crippen LogP contribution is -2.43. The third-order valence-electron chi connectivity index (χ3n) is 4.33. The Morgan fingerprint density at radius 2 is 1.68 bits per heavy atom. The largest absolute Gasteiger partial charge is 0.331 e. The predicted molar refractivity (Wildman–Crippen MR) is 116 cm³/mol. The van der Waals surface area contributed by atoms with E-state index in [9.17, 15) is 4.79 Å². The molecule has 0 aliphatic rings. The lowest BCUT2D eigenvalue weighted by atomic mass is 10.0. The maximum atomic E-state index is 12.3. The van der Waals surface area contributed by atoms with Crippen molar-refractivity contribution in [3.05, 3.63) is 77.6 Å². The molecule has 1 heterocycles. The summed E-state index contributed by atoms with van der Waals surface area (Å²) in [6.07, 6.45) is 1.74. The minimum absolute atomic E-state index is 0.275. The van der Waals surface area contributed by atoms with Crippen LogP contribution >= 0.6 is 12.2 Å². The molecule has 28 heavy (non-hydrogen) atoms. The van der Waals surface area contributed by atoms with Gasteiger partial charge in [0.25, 0.3) is 5.91 Å². The molecule has 3 rings (SSSR count). The number of carbonyl (C=O) groups is 1. The molecule has 1 amide bonds. The molecule has 0 fully saturated rings. The molecule has 3 aromatic rings. The fraction of sp³-hybridized carbons (Fsp3) is 0.190. The van der Waals surface area contributed by atoms with Crippen molar-refractivity contribution in [3.8, 4) is 5.69 Å². The minimum atomic E-state index is -0.275. The van der Waals surface area contributed by atoms with Gasteiger partial charge in [-0.15, -0.1) is 0 Å². The van der Waals surface area contributed by atoms with E-state index < -0.39 is 0 Å². The molecule has 2 aromatic carbocycles. The number of rotatable bonds is 4. The number of aryl methyl sites for hydroxylation is 1. The number of hydrogen-bond donors (Lipinski definition) is 3. The molecule has 7 heteroatoms. The second-order valence-corrected chi connectivity index (χ2v) is 7.15. The maximum Gasteiger partial charge on any atom is 0.269 e. The van der Waals surface area contributed by atoms with Crippen LogP contribution in [0.15, 0.2) is 60.8 Å². The number of aromatic nitrogens is 2. The number of carbonyl (C=O) groups excluding carboxylic acids is 1. The molecule has 0 radical (unpaired) electrons. The van der Waals surface area contributed by atoms with E-state index >= 15 is 0 Å². The molecule has 0 saturated carbocycles. The topological polar surface area (TPSA) is 71.0 Å². The molecular formula is C21H23N5OS. The summed E-state index contributed by atoms with van der Waals surface area (Å²) in [4.78, 5) is 12.3. The molecule has 0 unspecified atom stereocenters. The summed E-state index contributed by atoms with van der Waals surface area (Å²) in [6.45, 7) is 6.27. The summed E-state index contributed by atoms with van der Waals surface area (Å²) in [6, 6.07) is 17.1. The van der Waals surface area contributed by atoms with Gasteiger partial charge in [0.05, 0.1) is 5.69 Å². The van der Waals surface area contributed by atoms with Gasteiger partial charge in [0.1, 0.15) is 0 Å². The highest BCUT2D eigenvalue weighted by molar-refractivity contribution is 7.80. The highest BCUT2D eigenvalue weighted by Gasteiger charge is 2.08. The highest BCUT2D eigenvalue weighted by atomic mass is 32.1. The third-order valence-corrected chi connectivity index (χ3v) is 4.53. The number of thiocarbonyl (C=S) groups is 1. The van der Waals surface area contributed by atoms with Crippen LogP contribution in [-0.2, 0) is 0 Å². The molecule has 0 bridgehead atoms. The summed E-state index contributed by atoms with van der Waals surface area (Å²) < 4.78 is 1.81. The van der Waals surface area contributed by atoms with Gasteiger partial charge in [-0.2, -0.15) is 5.10 Å². The summed E-state index contributed by atoms with van der Waals surface area (Å²) in [5.41, 5.74) is 9.87. The zero-order chi connectivity index (χ0) is 20.1. The first-order valence-corrected chi connectivity index (χ1v) is 9.43. The quantitative estimate of drug-likeness (QED) is 0.463.